The molecule has 0 radical (unpaired) electrons. The Morgan fingerprint density at radius 2 is 2.06 bits per heavy atom. The minimum Gasteiger partial charge on any atom is -0.391 e. The van der Waals surface area contributed by atoms with Crippen LogP contribution in [-0.2, 0) is 11.3 Å². The van der Waals surface area contributed by atoms with Crippen molar-refractivity contribution in [1.82, 2.24) is 14.7 Å². The van der Waals surface area contributed by atoms with Crippen molar-refractivity contribution in [3.8, 4) is 6.07 Å². The molecule has 0 spiro atoms. The maximum Gasteiger partial charge on any atom is 0.229 e. The van der Waals surface area contributed by atoms with E-state index in [2.05, 4.69) is 11.2 Å². The van der Waals surface area contributed by atoms with Gasteiger partial charge >= 0.3 is 0 Å². The Kier molecular flexibility index (Phi) is 4.03. The van der Waals surface area contributed by atoms with Crippen LogP contribution in [0.25, 0.3) is 10.9 Å². The third kappa shape index (κ3) is 2.79. The molecule has 7 rings (SSSR count). The zero-order valence-electron chi connectivity index (χ0n) is 17.5. The van der Waals surface area contributed by atoms with E-state index >= 15 is 0 Å². The number of nitrogens with zero attached hydrogens (tertiary/aromatic N) is 4. The molecule has 4 aliphatic rings. The zero-order chi connectivity index (χ0) is 22.1. The molecular weight excluding hydrogens is 407 g/mol. The van der Waals surface area contributed by atoms with Gasteiger partial charge in [0.25, 0.3) is 0 Å². The molecule has 1 amide bonds. The summed E-state index contributed by atoms with van der Waals surface area (Å²) in [5, 5.41) is 24.8. The van der Waals surface area contributed by atoms with E-state index in [9.17, 15) is 14.3 Å². The van der Waals surface area contributed by atoms with Crippen molar-refractivity contribution in [3.05, 3.63) is 65.6 Å². The number of fused-ring (bicyclic) bond motifs is 1. The molecule has 1 aliphatic heterocycles. The summed E-state index contributed by atoms with van der Waals surface area (Å²) in [6, 6.07) is 13.8. The molecule has 4 fully saturated rings. The summed E-state index contributed by atoms with van der Waals surface area (Å²) in [5.74, 6) is -0.233. The fourth-order valence-electron chi connectivity index (χ4n) is 6.37. The van der Waals surface area contributed by atoms with Gasteiger partial charge in [-0.3, -0.25) is 9.48 Å². The van der Waals surface area contributed by atoms with Gasteiger partial charge in [0.2, 0.25) is 5.91 Å². The lowest BCUT2D eigenvalue weighted by Gasteiger charge is -2.70. The van der Waals surface area contributed by atoms with Gasteiger partial charge in [-0.1, -0.05) is 12.1 Å². The third-order valence-electron chi connectivity index (χ3n) is 7.62. The molecule has 0 unspecified atom stereocenters. The Balaban J connectivity index is 1.18. The van der Waals surface area contributed by atoms with Gasteiger partial charge in [-0.2, -0.15) is 10.4 Å². The second-order valence-electron chi connectivity index (χ2n) is 9.92. The van der Waals surface area contributed by atoms with Crippen molar-refractivity contribution in [3.63, 3.8) is 0 Å². The van der Waals surface area contributed by atoms with Crippen LogP contribution in [0.5, 0.6) is 0 Å². The largest absolute Gasteiger partial charge is 0.391 e. The van der Waals surface area contributed by atoms with Crippen LogP contribution < -0.4 is 0 Å². The summed E-state index contributed by atoms with van der Waals surface area (Å²) >= 11 is 0. The number of β-amino-alcohol motifs (C(OH)–C–C–N with tert-alkyl or cyclic N) is 1. The summed E-state index contributed by atoms with van der Waals surface area (Å²) in [4.78, 5) is 15.3. The number of aromatic nitrogens is 2. The van der Waals surface area contributed by atoms with E-state index in [1.54, 1.807) is 23.2 Å². The van der Waals surface area contributed by atoms with Crippen LogP contribution in [0.4, 0.5) is 4.39 Å². The lowest BCUT2D eigenvalue weighted by Crippen LogP contribution is -2.69. The van der Waals surface area contributed by atoms with Crippen molar-refractivity contribution < 1.29 is 14.3 Å². The first kappa shape index (κ1) is 19.4. The van der Waals surface area contributed by atoms with Gasteiger partial charge in [0.15, 0.2) is 0 Å². The van der Waals surface area contributed by atoms with Crippen LogP contribution in [0.15, 0.2) is 48.7 Å². The molecule has 3 aromatic rings. The maximum absolute atomic E-state index is 13.8. The number of carbonyl (C=O) groups is 1. The van der Waals surface area contributed by atoms with Crippen LogP contribution in [-0.4, -0.2) is 38.3 Å². The second-order valence-corrected chi connectivity index (χ2v) is 9.92. The molecule has 2 atom stereocenters. The quantitative estimate of drug-likeness (QED) is 0.686. The summed E-state index contributed by atoms with van der Waals surface area (Å²) < 4.78 is 15.7. The van der Waals surface area contributed by atoms with Crippen molar-refractivity contribution >= 4 is 16.8 Å². The van der Waals surface area contributed by atoms with E-state index in [4.69, 9.17) is 5.26 Å². The number of benzene rings is 2. The van der Waals surface area contributed by atoms with Gasteiger partial charge in [0.1, 0.15) is 5.82 Å². The number of amides is 1. The third-order valence-corrected chi connectivity index (χ3v) is 7.62. The molecule has 3 aliphatic carbocycles. The van der Waals surface area contributed by atoms with Gasteiger partial charge in [0, 0.05) is 18.5 Å². The molecule has 7 heteroatoms. The van der Waals surface area contributed by atoms with E-state index in [-0.39, 0.29) is 28.6 Å². The van der Waals surface area contributed by atoms with Gasteiger partial charge in [-0.25, -0.2) is 4.39 Å². The normalized spacial score (nSPS) is 30.6. The number of nitriles is 1. The van der Waals surface area contributed by atoms with Crippen molar-refractivity contribution in [2.75, 3.05) is 6.54 Å². The Hall–Kier alpha value is -3.24. The number of rotatable bonds is 4. The fraction of sp³-hybridized carbons (Fsp3) is 0.400. The summed E-state index contributed by atoms with van der Waals surface area (Å²) in [6.45, 7) is 1.06. The number of hydrogen-bond acceptors (Lipinski definition) is 4. The van der Waals surface area contributed by atoms with Gasteiger partial charge < -0.3 is 10.0 Å². The molecule has 6 nitrogen and oxygen atoms in total. The number of hydrogen-bond donors (Lipinski definition) is 1. The van der Waals surface area contributed by atoms with E-state index in [1.807, 2.05) is 22.9 Å². The van der Waals surface area contributed by atoms with Gasteiger partial charge in [-0.15, -0.1) is 0 Å². The van der Waals surface area contributed by atoms with Crippen molar-refractivity contribution in [2.45, 2.75) is 44.4 Å². The molecule has 1 saturated heterocycles. The average molecular weight is 430 g/mol. The minimum absolute atomic E-state index is 0.0786. The minimum atomic E-state index is -0.581. The predicted octanol–water partition coefficient (Wildman–Crippen LogP) is 3.55. The Bertz CT molecular complexity index is 1270. The van der Waals surface area contributed by atoms with E-state index in [0.29, 0.717) is 18.5 Å². The standard InChI is InChI=1S/C25H23FN4O2/c26-19-3-1-2-17(7-19)22-8-20(31)11-29(22)23(32)25-12-24(13-25,14-25)15-30-21-5-4-16(9-27)6-18(21)10-28-30/h1-7,10,20,22,31H,8,11-15H2/t20-,22-,24?,25?/m0/s1. The van der Waals surface area contributed by atoms with Crippen molar-refractivity contribution in [1.29, 1.82) is 5.26 Å². The Morgan fingerprint density at radius 3 is 2.81 bits per heavy atom. The first-order valence-electron chi connectivity index (χ1n) is 11.0. The van der Waals surface area contributed by atoms with Crippen LogP contribution in [0.1, 0.15) is 42.9 Å². The van der Waals surface area contributed by atoms with Crippen LogP contribution in [0, 0.1) is 28.0 Å². The number of halogens is 1. The molecule has 2 aromatic carbocycles. The van der Waals surface area contributed by atoms with E-state index in [1.165, 1.54) is 12.1 Å². The summed E-state index contributed by atoms with van der Waals surface area (Å²) in [5.41, 5.74) is 2.09. The summed E-state index contributed by atoms with van der Waals surface area (Å²) in [6.07, 6.45) is 4.11. The highest BCUT2D eigenvalue weighted by atomic mass is 19.1. The van der Waals surface area contributed by atoms with Crippen LogP contribution in [0.2, 0.25) is 0 Å². The molecule has 2 heterocycles. The number of aliphatic hydroxyl groups excluding tert-OH is 1. The van der Waals surface area contributed by atoms with Crippen LogP contribution >= 0.6 is 0 Å². The molecule has 3 saturated carbocycles. The van der Waals surface area contributed by atoms with Gasteiger partial charge in [0.05, 0.1) is 40.9 Å². The highest BCUT2D eigenvalue weighted by molar-refractivity contribution is 5.87. The first-order valence-corrected chi connectivity index (χ1v) is 11.0. The lowest BCUT2D eigenvalue weighted by molar-refractivity contribution is -0.222. The zero-order valence-corrected chi connectivity index (χ0v) is 17.5. The molecule has 2 bridgehead atoms. The van der Waals surface area contributed by atoms with Crippen LogP contribution in [0.3, 0.4) is 0 Å². The summed E-state index contributed by atoms with van der Waals surface area (Å²) in [7, 11) is 0. The molecule has 162 valence electrons. The second kappa shape index (κ2) is 6.63. The SMILES string of the molecule is N#Cc1ccc2c(cnn2CC23CC(C(=O)N4C[C@@H](O)C[C@H]4c4cccc(F)c4)(C2)C3)c1. The van der Waals surface area contributed by atoms with Gasteiger partial charge in [-0.05, 0) is 67.0 Å². The maximum atomic E-state index is 13.8. The highest BCUT2D eigenvalue weighted by Gasteiger charge is 2.72. The number of carbonyl (C=O) groups excluding carboxylic acids is 1. The monoisotopic (exact) mass is 430 g/mol. The highest BCUT2D eigenvalue weighted by Crippen LogP contribution is 2.74. The predicted molar refractivity (Wildman–Crippen MR) is 115 cm³/mol. The van der Waals surface area contributed by atoms with Crippen molar-refractivity contribution in [2.24, 2.45) is 10.8 Å². The van der Waals surface area contributed by atoms with E-state index < -0.39 is 6.10 Å². The average Bonchev–Trinajstić information content (AvgIpc) is 3.32. The fourth-order valence-corrected chi connectivity index (χ4v) is 6.37. The molecule has 1 aromatic heterocycles. The topological polar surface area (TPSA) is 82.2 Å². The number of aliphatic hydroxyl groups is 1. The first-order chi connectivity index (χ1) is 15.4. The molecule has 32 heavy (non-hydrogen) atoms. The smallest absolute Gasteiger partial charge is 0.229 e. The Morgan fingerprint density at radius 1 is 1.25 bits per heavy atom. The van der Waals surface area contributed by atoms with E-state index in [0.717, 1.165) is 42.3 Å². The Labute approximate surface area is 184 Å². The molecule has 1 N–H and O–H groups in total. The molecular formula is C25H23FN4O2. The lowest BCUT2D eigenvalue weighted by atomic mass is 9.34. The number of likely N-dealkylation sites (tertiary alicyclic amines) is 1.